The van der Waals surface area contributed by atoms with E-state index in [1.165, 1.54) is 5.56 Å². The SMILES string of the molecule is CCCc1ccc(C(Cl)c2cc(Cl)ccc2OC)cc1. The van der Waals surface area contributed by atoms with Crippen LogP contribution in [0.4, 0.5) is 0 Å². The minimum atomic E-state index is -0.265. The van der Waals surface area contributed by atoms with Gasteiger partial charge in [0.25, 0.3) is 0 Å². The molecule has 2 aromatic rings. The highest BCUT2D eigenvalue weighted by atomic mass is 35.5. The lowest BCUT2D eigenvalue weighted by atomic mass is 10.0. The van der Waals surface area contributed by atoms with Crippen molar-refractivity contribution in [1.29, 1.82) is 0 Å². The molecule has 0 saturated heterocycles. The molecule has 0 fully saturated rings. The van der Waals surface area contributed by atoms with Crippen molar-refractivity contribution in [3.05, 3.63) is 64.2 Å². The van der Waals surface area contributed by atoms with Crippen LogP contribution in [-0.4, -0.2) is 7.11 Å². The van der Waals surface area contributed by atoms with Crippen molar-refractivity contribution in [1.82, 2.24) is 0 Å². The predicted molar refractivity (Wildman–Crippen MR) is 86.1 cm³/mol. The molecule has 2 aromatic carbocycles. The summed E-state index contributed by atoms with van der Waals surface area (Å²) in [5.74, 6) is 0.757. The number of benzene rings is 2. The van der Waals surface area contributed by atoms with E-state index in [1.807, 2.05) is 12.1 Å². The number of aryl methyl sites for hydroxylation is 1. The zero-order valence-electron chi connectivity index (χ0n) is 11.7. The molecule has 1 atom stereocenters. The third kappa shape index (κ3) is 3.47. The Kier molecular flexibility index (Phi) is 5.33. The Morgan fingerprint density at radius 2 is 1.80 bits per heavy atom. The fraction of sp³-hybridized carbons (Fsp3) is 0.294. The third-order valence-electron chi connectivity index (χ3n) is 3.28. The lowest BCUT2D eigenvalue weighted by Crippen LogP contribution is -1.98. The first-order valence-electron chi connectivity index (χ1n) is 6.72. The summed E-state index contributed by atoms with van der Waals surface area (Å²) in [5, 5.41) is 0.397. The van der Waals surface area contributed by atoms with E-state index < -0.39 is 0 Å². The summed E-state index contributed by atoms with van der Waals surface area (Å²) in [7, 11) is 1.64. The zero-order valence-corrected chi connectivity index (χ0v) is 13.2. The number of methoxy groups -OCH3 is 1. The minimum absolute atomic E-state index is 0.265. The van der Waals surface area contributed by atoms with Gasteiger partial charge in [0.1, 0.15) is 5.75 Å². The average Bonchev–Trinajstić information content (AvgIpc) is 2.47. The number of ether oxygens (including phenoxy) is 1. The maximum Gasteiger partial charge on any atom is 0.123 e. The van der Waals surface area contributed by atoms with Gasteiger partial charge in [-0.05, 0) is 35.7 Å². The van der Waals surface area contributed by atoms with Crippen LogP contribution in [0.1, 0.15) is 35.4 Å². The molecule has 106 valence electrons. The van der Waals surface area contributed by atoms with Crippen molar-refractivity contribution >= 4 is 23.2 Å². The second kappa shape index (κ2) is 7.01. The highest BCUT2D eigenvalue weighted by Crippen LogP contribution is 2.36. The molecule has 0 saturated carbocycles. The van der Waals surface area contributed by atoms with Gasteiger partial charge in [0.05, 0.1) is 12.5 Å². The van der Waals surface area contributed by atoms with Crippen molar-refractivity contribution < 1.29 is 4.74 Å². The smallest absolute Gasteiger partial charge is 0.123 e. The van der Waals surface area contributed by atoms with Gasteiger partial charge in [0.15, 0.2) is 0 Å². The Morgan fingerprint density at radius 3 is 2.40 bits per heavy atom. The normalized spacial score (nSPS) is 12.2. The number of rotatable bonds is 5. The van der Waals surface area contributed by atoms with E-state index >= 15 is 0 Å². The van der Waals surface area contributed by atoms with Crippen LogP contribution in [0.5, 0.6) is 5.75 Å². The third-order valence-corrected chi connectivity index (χ3v) is 4.00. The van der Waals surface area contributed by atoms with Crippen LogP contribution in [0.2, 0.25) is 5.02 Å². The van der Waals surface area contributed by atoms with E-state index in [-0.39, 0.29) is 5.38 Å². The molecule has 0 aliphatic heterocycles. The summed E-state index contributed by atoms with van der Waals surface area (Å²) < 4.78 is 5.36. The summed E-state index contributed by atoms with van der Waals surface area (Å²) in [6.07, 6.45) is 2.24. The van der Waals surface area contributed by atoms with E-state index in [4.69, 9.17) is 27.9 Å². The maximum absolute atomic E-state index is 6.58. The van der Waals surface area contributed by atoms with Gasteiger partial charge in [-0.25, -0.2) is 0 Å². The Balaban J connectivity index is 2.30. The lowest BCUT2D eigenvalue weighted by Gasteiger charge is -2.15. The average molecular weight is 309 g/mol. The van der Waals surface area contributed by atoms with Crippen LogP contribution < -0.4 is 4.74 Å². The van der Waals surface area contributed by atoms with Gasteiger partial charge in [0, 0.05) is 10.6 Å². The van der Waals surface area contributed by atoms with Gasteiger partial charge in [-0.3, -0.25) is 0 Å². The topological polar surface area (TPSA) is 9.23 Å². The summed E-state index contributed by atoms with van der Waals surface area (Å²) >= 11 is 12.6. The molecule has 2 rings (SSSR count). The molecular formula is C17H18Cl2O. The van der Waals surface area contributed by atoms with Gasteiger partial charge >= 0.3 is 0 Å². The number of halogens is 2. The second-order valence-corrected chi connectivity index (χ2v) is 5.61. The number of hydrogen-bond donors (Lipinski definition) is 0. The van der Waals surface area contributed by atoms with Crippen LogP contribution >= 0.6 is 23.2 Å². The van der Waals surface area contributed by atoms with Crippen LogP contribution in [0, 0.1) is 0 Å². The van der Waals surface area contributed by atoms with Crippen LogP contribution in [-0.2, 0) is 6.42 Å². The highest BCUT2D eigenvalue weighted by Gasteiger charge is 2.16. The fourth-order valence-electron chi connectivity index (χ4n) is 2.22. The van der Waals surface area contributed by atoms with Crippen LogP contribution in [0.15, 0.2) is 42.5 Å². The quantitative estimate of drug-likeness (QED) is 0.650. The summed E-state index contributed by atoms with van der Waals surface area (Å²) in [6, 6.07) is 13.9. The molecule has 0 aromatic heterocycles. The van der Waals surface area contributed by atoms with Gasteiger partial charge < -0.3 is 4.74 Å². The molecule has 0 radical (unpaired) electrons. The summed E-state index contributed by atoms with van der Waals surface area (Å²) in [5.41, 5.74) is 3.27. The molecule has 20 heavy (non-hydrogen) atoms. The first kappa shape index (κ1) is 15.2. The van der Waals surface area contributed by atoms with E-state index in [0.717, 1.165) is 29.7 Å². The molecular weight excluding hydrogens is 291 g/mol. The Hall–Kier alpha value is -1.18. The molecule has 1 nitrogen and oxygen atoms in total. The first-order valence-corrected chi connectivity index (χ1v) is 7.53. The van der Waals surface area contributed by atoms with Crippen molar-refractivity contribution in [3.63, 3.8) is 0 Å². The van der Waals surface area contributed by atoms with Crippen molar-refractivity contribution in [2.45, 2.75) is 25.1 Å². The summed E-state index contributed by atoms with van der Waals surface area (Å²) in [4.78, 5) is 0. The van der Waals surface area contributed by atoms with Gasteiger partial charge in [-0.1, -0.05) is 49.2 Å². The largest absolute Gasteiger partial charge is 0.496 e. The molecule has 0 amide bonds. The monoisotopic (exact) mass is 308 g/mol. The molecule has 0 aliphatic carbocycles. The Bertz CT molecular complexity index is 564. The van der Waals surface area contributed by atoms with Gasteiger partial charge in [-0.2, -0.15) is 0 Å². The van der Waals surface area contributed by atoms with Gasteiger partial charge in [0.2, 0.25) is 0 Å². The molecule has 3 heteroatoms. The first-order chi connectivity index (χ1) is 9.65. The van der Waals surface area contributed by atoms with Crippen LogP contribution in [0.3, 0.4) is 0 Å². The molecule has 0 aliphatic rings. The van der Waals surface area contributed by atoms with E-state index in [2.05, 4.69) is 31.2 Å². The molecule has 0 bridgehead atoms. The number of alkyl halides is 1. The predicted octanol–water partition coefficient (Wildman–Crippen LogP) is 5.63. The molecule has 0 N–H and O–H groups in total. The van der Waals surface area contributed by atoms with Gasteiger partial charge in [-0.15, -0.1) is 11.6 Å². The standard InChI is InChI=1S/C17H18Cl2O/c1-3-4-12-5-7-13(8-6-12)17(19)15-11-14(18)9-10-16(15)20-2/h5-11,17H,3-4H2,1-2H3. The van der Waals surface area contributed by atoms with Crippen molar-refractivity contribution in [2.75, 3.05) is 7.11 Å². The van der Waals surface area contributed by atoms with Crippen LogP contribution in [0.25, 0.3) is 0 Å². The summed E-state index contributed by atoms with van der Waals surface area (Å²) in [6.45, 7) is 2.18. The maximum atomic E-state index is 6.58. The zero-order chi connectivity index (χ0) is 14.5. The minimum Gasteiger partial charge on any atom is -0.496 e. The molecule has 0 heterocycles. The van der Waals surface area contributed by atoms with E-state index in [0.29, 0.717) is 5.02 Å². The molecule has 1 unspecified atom stereocenters. The molecule has 0 spiro atoms. The Labute approximate surface area is 130 Å². The number of hydrogen-bond acceptors (Lipinski definition) is 1. The van der Waals surface area contributed by atoms with Crippen molar-refractivity contribution in [3.8, 4) is 5.75 Å². The van der Waals surface area contributed by atoms with Crippen molar-refractivity contribution in [2.24, 2.45) is 0 Å². The second-order valence-electron chi connectivity index (χ2n) is 4.74. The fourth-order valence-corrected chi connectivity index (χ4v) is 2.72. The lowest BCUT2D eigenvalue weighted by molar-refractivity contribution is 0.410. The van der Waals surface area contributed by atoms with E-state index in [9.17, 15) is 0 Å². The van der Waals surface area contributed by atoms with E-state index in [1.54, 1.807) is 13.2 Å². The highest BCUT2D eigenvalue weighted by molar-refractivity contribution is 6.31. The Morgan fingerprint density at radius 1 is 1.10 bits per heavy atom.